The Morgan fingerprint density at radius 2 is 2.32 bits per heavy atom. The van der Waals surface area contributed by atoms with Crippen molar-refractivity contribution in [3.8, 4) is 11.4 Å². The summed E-state index contributed by atoms with van der Waals surface area (Å²) in [5, 5.41) is 10.5. The number of piperazine rings is 1. The normalized spacial score (nSPS) is 19.7. The molecule has 1 fully saturated rings. The minimum Gasteiger partial charge on any atom is -0.337 e. The van der Waals surface area contributed by atoms with Gasteiger partial charge in [0.25, 0.3) is 0 Å². The molecule has 0 unspecified atom stereocenters. The molecular weight excluding hydrogens is 245 g/mol. The van der Waals surface area contributed by atoms with Gasteiger partial charge in [-0.05, 0) is 19.1 Å². The van der Waals surface area contributed by atoms with Gasteiger partial charge in [0.2, 0.25) is 5.95 Å². The summed E-state index contributed by atoms with van der Waals surface area (Å²) in [7, 11) is 0. The highest BCUT2D eigenvalue weighted by Crippen LogP contribution is 2.19. The molecule has 19 heavy (non-hydrogen) atoms. The van der Waals surface area contributed by atoms with Crippen LogP contribution in [0, 0.1) is 5.82 Å². The Labute approximate surface area is 110 Å². The zero-order chi connectivity index (χ0) is 13.2. The zero-order valence-corrected chi connectivity index (χ0v) is 10.7. The van der Waals surface area contributed by atoms with Crippen LogP contribution in [-0.2, 0) is 0 Å². The quantitative estimate of drug-likeness (QED) is 0.858. The lowest BCUT2D eigenvalue weighted by Gasteiger charge is -2.30. The number of benzene rings is 1. The third-order valence-corrected chi connectivity index (χ3v) is 3.22. The molecule has 0 amide bonds. The first-order valence-corrected chi connectivity index (χ1v) is 6.39. The van der Waals surface area contributed by atoms with Gasteiger partial charge in [-0.3, -0.25) is 5.10 Å². The SMILES string of the molecule is C[C@H]1CN(c2n[nH]c(-c3cccc(F)c3)n2)CCN1. The van der Waals surface area contributed by atoms with E-state index in [4.69, 9.17) is 0 Å². The number of aromatic amines is 1. The highest BCUT2D eigenvalue weighted by Gasteiger charge is 2.19. The lowest BCUT2D eigenvalue weighted by atomic mass is 10.2. The Hall–Kier alpha value is -1.95. The first kappa shape index (κ1) is 12.1. The smallest absolute Gasteiger partial charge is 0.245 e. The maximum absolute atomic E-state index is 13.2. The van der Waals surface area contributed by atoms with Gasteiger partial charge in [0, 0.05) is 31.2 Å². The molecule has 1 aromatic heterocycles. The third kappa shape index (κ3) is 2.58. The number of rotatable bonds is 2. The van der Waals surface area contributed by atoms with E-state index < -0.39 is 0 Å². The van der Waals surface area contributed by atoms with E-state index in [1.54, 1.807) is 6.07 Å². The van der Waals surface area contributed by atoms with Crippen molar-refractivity contribution in [3.05, 3.63) is 30.1 Å². The van der Waals surface area contributed by atoms with Gasteiger partial charge in [0.05, 0.1) is 0 Å². The molecule has 3 rings (SSSR count). The second-order valence-corrected chi connectivity index (χ2v) is 4.80. The lowest BCUT2D eigenvalue weighted by molar-refractivity contribution is 0.480. The minimum absolute atomic E-state index is 0.272. The second kappa shape index (κ2) is 4.97. The van der Waals surface area contributed by atoms with Gasteiger partial charge < -0.3 is 10.2 Å². The van der Waals surface area contributed by atoms with Crippen molar-refractivity contribution in [1.82, 2.24) is 20.5 Å². The summed E-state index contributed by atoms with van der Waals surface area (Å²) in [6, 6.07) is 6.77. The Balaban J connectivity index is 1.83. The van der Waals surface area contributed by atoms with Crippen molar-refractivity contribution in [2.75, 3.05) is 24.5 Å². The second-order valence-electron chi connectivity index (χ2n) is 4.80. The fraction of sp³-hybridized carbons (Fsp3) is 0.385. The first-order valence-electron chi connectivity index (χ1n) is 6.39. The highest BCUT2D eigenvalue weighted by molar-refractivity contribution is 5.56. The summed E-state index contributed by atoms with van der Waals surface area (Å²) in [6.07, 6.45) is 0. The van der Waals surface area contributed by atoms with Crippen molar-refractivity contribution in [1.29, 1.82) is 0 Å². The van der Waals surface area contributed by atoms with E-state index in [0.29, 0.717) is 23.4 Å². The van der Waals surface area contributed by atoms with Gasteiger partial charge in [-0.1, -0.05) is 12.1 Å². The van der Waals surface area contributed by atoms with Gasteiger partial charge in [-0.15, -0.1) is 5.10 Å². The van der Waals surface area contributed by atoms with Crippen LogP contribution in [0.3, 0.4) is 0 Å². The van der Waals surface area contributed by atoms with Gasteiger partial charge >= 0.3 is 0 Å². The minimum atomic E-state index is -0.272. The van der Waals surface area contributed by atoms with Gasteiger partial charge in [-0.2, -0.15) is 4.98 Å². The van der Waals surface area contributed by atoms with Gasteiger partial charge in [0.1, 0.15) is 5.82 Å². The molecule has 6 heteroatoms. The van der Waals surface area contributed by atoms with E-state index >= 15 is 0 Å². The molecule has 0 aliphatic carbocycles. The molecule has 100 valence electrons. The Kier molecular flexibility index (Phi) is 3.16. The van der Waals surface area contributed by atoms with E-state index in [2.05, 4.69) is 32.3 Å². The highest BCUT2D eigenvalue weighted by atomic mass is 19.1. The van der Waals surface area contributed by atoms with Crippen LogP contribution < -0.4 is 10.2 Å². The van der Waals surface area contributed by atoms with E-state index in [1.807, 2.05) is 6.07 Å². The molecule has 2 N–H and O–H groups in total. The van der Waals surface area contributed by atoms with E-state index in [0.717, 1.165) is 19.6 Å². The topological polar surface area (TPSA) is 56.8 Å². The van der Waals surface area contributed by atoms with Crippen LogP contribution in [-0.4, -0.2) is 40.9 Å². The van der Waals surface area contributed by atoms with Crippen molar-refractivity contribution in [2.45, 2.75) is 13.0 Å². The van der Waals surface area contributed by atoms with Crippen molar-refractivity contribution in [2.24, 2.45) is 0 Å². The number of hydrogen-bond acceptors (Lipinski definition) is 4. The third-order valence-electron chi connectivity index (χ3n) is 3.22. The summed E-state index contributed by atoms with van der Waals surface area (Å²) < 4.78 is 13.2. The Morgan fingerprint density at radius 1 is 1.42 bits per heavy atom. The summed E-state index contributed by atoms with van der Waals surface area (Å²) >= 11 is 0. The maximum Gasteiger partial charge on any atom is 0.245 e. The summed E-state index contributed by atoms with van der Waals surface area (Å²) in [5.41, 5.74) is 0.710. The number of nitrogens with zero attached hydrogens (tertiary/aromatic N) is 3. The molecule has 5 nitrogen and oxygen atoms in total. The number of aromatic nitrogens is 3. The average Bonchev–Trinajstić information content (AvgIpc) is 2.88. The summed E-state index contributed by atoms with van der Waals surface area (Å²) in [5.74, 6) is 1.000. The van der Waals surface area contributed by atoms with E-state index in [9.17, 15) is 4.39 Å². The molecule has 1 saturated heterocycles. The van der Waals surface area contributed by atoms with Crippen LogP contribution in [0.1, 0.15) is 6.92 Å². The van der Waals surface area contributed by atoms with Gasteiger partial charge in [-0.25, -0.2) is 4.39 Å². The van der Waals surface area contributed by atoms with E-state index in [1.165, 1.54) is 12.1 Å². The van der Waals surface area contributed by atoms with Gasteiger partial charge in [0.15, 0.2) is 5.82 Å². The first-order chi connectivity index (χ1) is 9.22. The largest absolute Gasteiger partial charge is 0.337 e. The van der Waals surface area contributed by atoms with E-state index in [-0.39, 0.29) is 5.82 Å². The Morgan fingerprint density at radius 3 is 3.11 bits per heavy atom. The van der Waals surface area contributed by atoms with Crippen LogP contribution in [0.25, 0.3) is 11.4 Å². The molecular formula is C13H16FN5. The predicted octanol–water partition coefficient (Wildman–Crippen LogP) is 1.41. The fourth-order valence-electron chi connectivity index (χ4n) is 2.27. The standard InChI is InChI=1S/C13H16FN5/c1-9-8-19(6-5-15-9)13-16-12(17-18-13)10-3-2-4-11(14)7-10/h2-4,7,9,15H,5-6,8H2,1H3,(H,16,17,18)/t9-/m0/s1. The maximum atomic E-state index is 13.2. The number of anilines is 1. The van der Waals surface area contributed by atoms with Crippen LogP contribution >= 0.6 is 0 Å². The summed E-state index contributed by atoms with van der Waals surface area (Å²) in [6.45, 7) is 4.81. The number of nitrogens with one attached hydrogen (secondary N) is 2. The molecule has 2 heterocycles. The van der Waals surface area contributed by atoms with Crippen LogP contribution in [0.5, 0.6) is 0 Å². The number of hydrogen-bond donors (Lipinski definition) is 2. The molecule has 2 aromatic rings. The predicted molar refractivity (Wildman–Crippen MR) is 71.5 cm³/mol. The zero-order valence-electron chi connectivity index (χ0n) is 10.7. The number of halogens is 1. The Bertz CT molecular complexity index is 568. The van der Waals surface area contributed by atoms with Crippen molar-refractivity contribution in [3.63, 3.8) is 0 Å². The van der Waals surface area contributed by atoms with Crippen LogP contribution in [0.4, 0.5) is 10.3 Å². The summed E-state index contributed by atoms with van der Waals surface area (Å²) in [4.78, 5) is 6.57. The average molecular weight is 261 g/mol. The molecule has 1 atom stereocenters. The molecule has 1 aromatic carbocycles. The fourth-order valence-corrected chi connectivity index (χ4v) is 2.27. The monoisotopic (exact) mass is 261 g/mol. The molecule has 1 aliphatic rings. The molecule has 0 bridgehead atoms. The van der Waals surface area contributed by atoms with Crippen LogP contribution in [0.2, 0.25) is 0 Å². The number of H-pyrrole nitrogens is 1. The molecule has 0 saturated carbocycles. The van der Waals surface area contributed by atoms with Crippen molar-refractivity contribution >= 4 is 5.95 Å². The molecule has 0 spiro atoms. The molecule has 1 aliphatic heterocycles. The van der Waals surface area contributed by atoms with Crippen LogP contribution in [0.15, 0.2) is 24.3 Å². The van der Waals surface area contributed by atoms with Crippen molar-refractivity contribution < 1.29 is 4.39 Å². The molecule has 0 radical (unpaired) electrons. The lowest BCUT2D eigenvalue weighted by Crippen LogP contribution is -2.49.